The molecule has 0 saturated carbocycles. The molecule has 3 atom stereocenters. The van der Waals surface area contributed by atoms with Crippen LogP contribution in [0.3, 0.4) is 0 Å². The zero-order valence-corrected chi connectivity index (χ0v) is 26.7. The molecule has 4 amide bonds. The number of rotatable bonds is 12. The van der Waals surface area contributed by atoms with E-state index < -0.39 is 54.0 Å². The van der Waals surface area contributed by atoms with Gasteiger partial charge in [0.05, 0.1) is 17.1 Å². The summed E-state index contributed by atoms with van der Waals surface area (Å²) in [7, 11) is 0. The van der Waals surface area contributed by atoms with Crippen molar-refractivity contribution in [3.63, 3.8) is 0 Å². The highest BCUT2D eigenvalue weighted by Crippen LogP contribution is 2.32. The number of alkyl carbamates (subject to hydrolysis) is 1. The van der Waals surface area contributed by atoms with E-state index in [1.54, 1.807) is 39.0 Å². The minimum absolute atomic E-state index is 0.336. The van der Waals surface area contributed by atoms with Crippen molar-refractivity contribution in [3.8, 4) is 0 Å². The summed E-state index contributed by atoms with van der Waals surface area (Å²) in [6.45, 7) is 14.8. The topological polar surface area (TPSA) is 131 Å². The number of primary amides is 1. The van der Waals surface area contributed by atoms with Crippen molar-refractivity contribution in [1.82, 2.24) is 10.2 Å². The molecule has 10 heteroatoms. The monoisotopic (exact) mass is 600 g/mol. The Balaban J connectivity index is 2.68. The summed E-state index contributed by atoms with van der Waals surface area (Å²) in [5.41, 5.74) is 7.32. The molecule has 9 nitrogen and oxygen atoms in total. The van der Waals surface area contributed by atoms with E-state index in [1.807, 2.05) is 45.0 Å². The third-order valence-electron chi connectivity index (χ3n) is 6.64. The number of nitrogens with two attached hydrogens (primary N) is 1. The fourth-order valence-electron chi connectivity index (χ4n) is 4.60. The molecule has 0 bridgehead atoms. The number of amides is 4. The van der Waals surface area contributed by atoms with Crippen LogP contribution in [-0.4, -0.2) is 46.4 Å². The van der Waals surface area contributed by atoms with E-state index in [0.717, 1.165) is 17.5 Å². The number of nitrogens with one attached hydrogen (secondary N) is 2. The molecule has 2 rings (SSSR count). The third-order valence-corrected chi connectivity index (χ3v) is 6.96. The molecule has 0 aromatic heterocycles. The second kappa shape index (κ2) is 15.0. The minimum Gasteiger partial charge on any atom is -0.444 e. The van der Waals surface area contributed by atoms with E-state index in [4.69, 9.17) is 22.1 Å². The number of para-hydroxylation sites is 1. The lowest BCUT2D eigenvalue weighted by molar-refractivity contribution is -0.144. The molecule has 0 aliphatic rings. The highest BCUT2D eigenvalue weighted by Gasteiger charge is 2.39. The minimum atomic E-state index is -1.36. The first-order valence-electron chi connectivity index (χ1n) is 14.2. The van der Waals surface area contributed by atoms with E-state index in [2.05, 4.69) is 24.5 Å². The van der Waals surface area contributed by atoms with Crippen molar-refractivity contribution in [2.24, 2.45) is 11.7 Å². The predicted octanol–water partition coefficient (Wildman–Crippen LogP) is 6.06. The number of ether oxygens (including phenoxy) is 1. The molecule has 2 aromatic carbocycles. The molecule has 4 N–H and O–H groups in total. The Bertz CT molecular complexity index is 1250. The second-order valence-electron chi connectivity index (χ2n) is 12.2. The Morgan fingerprint density at radius 3 is 2.19 bits per heavy atom. The van der Waals surface area contributed by atoms with Crippen molar-refractivity contribution < 1.29 is 23.9 Å². The van der Waals surface area contributed by atoms with E-state index >= 15 is 0 Å². The summed E-state index contributed by atoms with van der Waals surface area (Å²) in [6.07, 6.45) is -0.00602. The zero-order valence-electron chi connectivity index (χ0n) is 25.9. The molecular formula is C32H45ClN4O5. The maximum atomic E-state index is 14.4. The van der Waals surface area contributed by atoms with Crippen LogP contribution >= 0.6 is 11.6 Å². The van der Waals surface area contributed by atoms with Gasteiger partial charge in [0.2, 0.25) is 11.8 Å². The van der Waals surface area contributed by atoms with Gasteiger partial charge in [-0.3, -0.25) is 14.4 Å². The summed E-state index contributed by atoms with van der Waals surface area (Å²) < 4.78 is 5.37. The molecule has 0 fully saturated rings. The molecule has 0 radical (unpaired) electrons. The molecular weight excluding hydrogens is 556 g/mol. The molecule has 0 aliphatic carbocycles. The van der Waals surface area contributed by atoms with Crippen LogP contribution in [0.15, 0.2) is 42.5 Å². The van der Waals surface area contributed by atoms with Gasteiger partial charge >= 0.3 is 6.09 Å². The Kier molecular flexibility index (Phi) is 12.4. The van der Waals surface area contributed by atoms with Gasteiger partial charge in [-0.15, -0.1) is 0 Å². The average molecular weight is 601 g/mol. The fraction of sp³-hybridized carbons (Fsp3) is 0.500. The standard InChI is InChI=1S/C32H45ClN4O5/c1-19(2)15-16-22(5)37(30(40)25(18-26(34)38)35-31(41)42-32(6,7)8)28(23-13-9-11-20(3)17-23)29(39)36-27-21(4)12-10-14-24(27)33/h9-14,17,19,22,25,28H,15-16,18H2,1-8H3,(H2,34,38)(H,35,41)(H,36,39). The van der Waals surface area contributed by atoms with Gasteiger partial charge in [-0.25, -0.2) is 4.79 Å². The number of hydrogen-bond acceptors (Lipinski definition) is 5. The maximum absolute atomic E-state index is 14.4. The molecule has 42 heavy (non-hydrogen) atoms. The number of aryl methyl sites for hydroxylation is 2. The van der Waals surface area contributed by atoms with Gasteiger partial charge in [0.25, 0.3) is 5.91 Å². The highest BCUT2D eigenvalue weighted by molar-refractivity contribution is 6.34. The SMILES string of the molecule is Cc1cccc(C(C(=O)Nc2c(C)cccc2Cl)N(C(=O)C(CC(N)=O)NC(=O)OC(C)(C)C)C(C)CCC(C)C)c1. The molecule has 0 saturated heterocycles. The fourth-order valence-corrected chi connectivity index (χ4v) is 4.87. The van der Waals surface area contributed by atoms with Crippen LogP contribution in [0.2, 0.25) is 5.02 Å². The summed E-state index contributed by atoms with van der Waals surface area (Å²) in [4.78, 5) is 54.9. The van der Waals surface area contributed by atoms with E-state index in [0.29, 0.717) is 28.6 Å². The number of carbonyl (C=O) groups excluding carboxylic acids is 4. The van der Waals surface area contributed by atoms with Gasteiger partial charge in [0.1, 0.15) is 17.7 Å². The van der Waals surface area contributed by atoms with Gasteiger partial charge in [0.15, 0.2) is 0 Å². The summed E-state index contributed by atoms with van der Waals surface area (Å²) in [5, 5.41) is 5.81. The molecule has 2 aromatic rings. The van der Waals surface area contributed by atoms with Crippen LogP contribution < -0.4 is 16.4 Å². The normalized spacial score (nSPS) is 13.6. The second-order valence-corrected chi connectivity index (χ2v) is 12.6. The largest absolute Gasteiger partial charge is 0.444 e. The van der Waals surface area contributed by atoms with Crippen molar-refractivity contribution in [2.75, 3.05) is 5.32 Å². The van der Waals surface area contributed by atoms with Crippen LogP contribution in [0.4, 0.5) is 10.5 Å². The van der Waals surface area contributed by atoms with Gasteiger partial charge in [-0.2, -0.15) is 0 Å². The number of carbonyl (C=O) groups is 4. The molecule has 230 valence electrons. The molecule has 0 heterocycles. The number of hydrogen-bond donors (Lipinski definition) is 3. The van der Waals surface area contributed by atoms with Crippen LogP contribution in [0.25, 0.3) is 0 Å². The van der Waals surface area contributed by atoms with Crippen LogP contribution in [0.5, 0.6) is 0 Å². The van der Waals surface area contributed by atoms with Gasteiger partial charge in [-0.1, -0.05) is 67.4 Å². The smallest absolute Gasteiger partial charge is 0.408 e. The number of nitrogens with zero attached hydrogens (tertiary/aromatic N) is 1. The van der Waals surface area contributed by atoms with Crippen molar-refractivity contribution in [1.29, 1.82) is 0 Å². The first kappa shape index (κ1) is 34.6. The first-order chi connectivity index (χ1) is 19.5. The molecule has 3 unspecified atom stereocenters. The Morgan fingerprint density at radius 1 is 1.00 bits per heavy atom. The Labute approximate surface area is 254 Å². The van der Waals surface area contributed by atoms with E-state index in [-0.39, 0.29) is 0 Å². The maximum Gasteiger partial charge on any atom is 0.408 e. The number of anilines is 1. The van der Waals surface area contributed by atoms with E-state index in [1.165, 1.54) is 4.90 Å². The van der Waals surface area contributed by atoms with Crippen molar-refractivity contribution in [2.45, 2.75) is 98.4 Å². The Morgan fingerprint density at radius 2 is 1.64 bits per heavy atom. The Hall–Kier alpha value is -3.59. The number of halogens is 1. The van der Waals surface area contributed by atoms with E-state index in [9.17, 15) is 19.2 Å². The predicted molar refractivity (Wildman–Crippen MR) is 166 cm³/mol. The number of benzene rings is 2. The zero-order chi connectivity index (χ0) is 31.8. The average Bonchev–Trinajstić information content (AvgIpc) is 2.85. The lowest BCUT2D eigenvalue weighted by Gasteiger charge is -2.39. The summed E-state index contributed by atoms with van der Waals surface area (Å²) in [6, 6.07) is 9.66. The van der Waals surface area contributed by atoms with Crippen LogP contribution in [-0.2, 0) is 19.1 Å². The summed E-state index contributed by atoms with van der Waals surface area (Å²) in [5.74, 6) is -1.57. The van der Waals surface area contributed by atoms with Crippen LogP contribution in [0, 0.1) is 19.8 Å². The molecule has 0 aliphatic heterocycles. The summed E-state index contributed by atoms with van der Waals surface area (Å²) >= 11 is 6.45. The molecule has 0 spiro atoms. The van der Waals surface area contributed by atoms with Gasteiger partial charge < -0.3 is 26.0 Å². The lowest BCUT2D eigenvalue weighted by atomic mass is 9.95. The highest BCUT2D eigenvalue weighted by atomic mass is 35.5. The first-order valence-corrected chi connectivity index (χ1v) is 14.6. The van der Waals surface area contributed by atoms with Crippen molar-refractivity contribution in [3.05, 3.63) is 64.2 Å². The third kappa shape index (κ3) is 10.4. The van der Waals surface area contributed by atoms with Crippen molar-refractivity contribution >= 4 is 41.1 Å². The lowest BCUT2D eigenvalue weighted by Crippen LogP contribution is -2.55. The van der Waals surface area contributed by atoms with Crippen LogP contribution in [0.1, 0.15) is 83.5 Å². The quantitative estimate of drug-likeness (QED) is 0.273. The van der Waals surface area contributed by atoms with Gasteiger partial charge in [-0.05, 0) is 77.5 Å². The van der Waals surface area contributed by atoms with Gasteiger partial charge in [0, 0.05) is 6.04 Å².